The van der Waals surface area contributed by atoms with Gasteiger partial charge in [0.15, 0.2) is 0 Å². The van der Waals surface area contributed by atoms with Crippen LogP contribution in [0, 0.1) is 5.92 Å². The minimum Gasteiger partial charge on any atom is -0.381 e. The Morgan fingerprint density at radius 2 is 2.05 bits per heavy atom. The lowest BCUT2D eigenvalue weighted by molar-refractivity contribution is 0.0540. The predicted octanol–water partition coefficient (Wildman–Crippen LogP) is 2.71. The first-order chi connectivity index (χ1) is 9.90. The average molecular weight is 271 g/mol. The van der Waals surface area contributed by atoms with E-state index in [9.17, 15) is 0 Å². The summed E-state index contributed by atoms with van der Waals surface area (Å²) in [5.74, 6) is 0.608. The van der Waals surface area contributed by atoms with E-state index < -0.39 is 0 Å². The SMILES string of the molecule is CCNC(c1cccc2nccnc12)C1CCOCC1. The van der Waals surface area contributed by atoms with Crippen LogP contribution in [0.5, 0.6) is 0 Å². The van der Waals surface area contributed by atoms with Gasteiger partial charge in [-0.1, -0.05) is 19.1 Å². The Bertz CT molecular complexity index is 561. The smallest absolute Gasteiger partial charge is 0.0934 e. The Balaban J connectivity index is 2.00. The number of hydrogen-bond donors (Lipinski definition) is 1. The van der Waals surface area contributed by atoms with E-state index in [1.165, 1.54) is 5.56 Å². The summed E-state index contributed by atoms with van der Waals surface area (Å²) in [6, 6.07) is 6.62. The summed E-state index contributed by atoms with van der Waals surface area (Å²) in [7, 11) is 0. The van der Waals surface area contributed by atoms with Gasteiger partial charge >= 0.3 is 0 Å². The van der Waals surface area contributed by atoms with E-state index in [0.717, 1.165) is 43.6 Å². The summed E-state index contributed by atoms with van der Waals surface area (Å²) in [4.78, 5) is 8.96. The molecule has 1 aliphatic rings. The number of rotatable bonds is 4. The zero-order valence-corrected chi connectivity index (χ0v) is 11.9. The van der Waals surface area contributed by atoms with Gasteiger partial charge in [-0.2, -0.15) is 0 Å². The minimum atomic E-state index is 0.337. The second kappa shape index (κ2) is 6.29. The molecule has 0 saturated carbocycles. The number of benzene rings is 1. The van der Waals surface area contributed by atoms with E-state index in [0.29, 0.717) is 12.0 Å². The Hall–Kier alpha value is -1.52. The van der Waals surface area contributed by atoms with Crippen molar-refractivity contribution in [2.24, 2.45) is 5.92 Å². The normalized spacial score (nSPS) is 18.2. The molecule has 1 aromatic carbocycles. The van der Waals surface area contributed by atoms with Gasteiger partial charge in [-0.3, -0.25) is 9.97 Å². The van der Waals surface area contributed by atoms with E-state index >= 15 is 0 Å². The van der Waals surface area contributed by atoms with E-state index in [4.69, 9.17) is 4.74 Å². The molecule has 1 fully saturated rings. The van der Waals surface area contributed by atoms with Crippen LogP contribution < -0.4 is 5.32 Å². The maximum Gasteiger partial charge on any atom is 0.0934 e. The molecule has 1 atom stereocenters. The monoisotopic (exact) mass is 271 g/mol. The Morgan fingerprint density at radius 1 is 1.25 bits per heavy atom. The lowest BCUT2D eigenvalue weighted by Crippen LogP contribution is -2.32. The number of aromatic nitrogens is 2. The second-order valence-electron chi connectivity index (χ2n) is 5.26. The Labute approximate surface area is 119 Å². The van der Waals surface area contributed by atoms with Crippen LogP contribution in [0.15, 0.2) is 30.6 Å². The molecule has 1 saturated heterocycles. The van der Waals surface area contributed by atoms with Crippen molar-refractivity contribution in [1.82, 2.24) is 15.3 Å². The summed E-state index contributed by atoms with van der Waals surface area (Å²) >= 11 is 0. The molecule has 1 N–H and O–H groups in total. The standard InChI is InChI=1S/C16H21N3O/c1-2-17-15(12-6-10-20-11-7-12)13-4-3-5-14-16(13)19-9-8-18-14/h3-5,8-9,12,15,17H,2,6-7,10-11H2,1H3. The summed E-state index contributed by atoms with van der Waals surface area (Å²) in [6.45, 7) is 4.84. The molecule has 3 rings (SSSR count). The van der Waals surface area contributed by atoms with Crippen LogP contribution in [-0.4, -0.2) is 29.7 Å². The first-order valence-corrected chi connectivity index (χ1v) is 7.41. The van der Waals surface area contributed by atoms with Gasteiger partial charge < -0.3 is 10.1 Å². The zero-order chi connectivity index (χ0) is 13.8. The predicted molar refractivity (Wildman–Crippen MR) is 79.5 cm³/mol. The molecule has 0 spiro atoms. The minimum absolute atomic E-state index is 0.337. The summed E-state index contributed by atoms with van der Waals surface area (Å²) in [6.07, 6.45) is 5.74. The fourth-order valence-corrected chi connectivity index (χ4v) is 3.07. The largest absolute Gasteiger partial charge is 0.381 e. The maximum atomic E-state index is 5.50. The highest BCUT2D eigenvalue weighted by Crippen LogP contribution is 2.32. The molecule has 0 radical (unpaired) electrons. The molecule has 2 heterocycles. The van der Waals surface area contributed by atoms with Gasteiger partial charge in [0.1, 0.15) is 0 Å². The number of para-hydroxylation sites is 1. The van der Waals surface area contributed by atoms with Gasteiger partial charge in [-0.05, 0) is 36.9 Å². The van der Waals surface area contributed by atoms with Crippen molar-refractivity contribution in [2.45, 2.75) is 25.8 Å². The van der Waals surface area contributed by atoms with E-state index in [1.54, 1.807) is 12.4 Å². The fourth-order valence-electron chi connectivity index (χ4n) is 3.07. The number of nitrogens with zero attached hydrogens (tertiary/aromatic N) is 2. The third-order valence-electron chi connectivity index (χ3n) is 4.03. The first kappa shape index (κ1) is 13.5. The highest BCUT2D eigenvalue weighted by molar-refractivity contribution is 5.78. The van der Waals surface area contributed by atoms with E-state index in [-0.39, 0.29) is 0 Å². The Morgan fingerprint density at radius 3 is 2.85 bits per heavy atom. The lowest BCUT2D eigenvalue weighted by atomic mass is 9.86. The number of nitrogens with one attached hydrogen (secondary N) is 1. The molecular weight excluding hydrogens is 250 g/mol. The van der Waals surface area contributed by atoms with E-state index in [2.05, 4.69) is 34.3 Å². The summed E-state index contributed by atoms with van der Waals surface area (Å²) < 4.78 is 5.50. The van der Waals surface area contributed by atoms with Crippen LogP contribution in [-0.2, 0) is 4.74 Å². The van der Waals surface area contributed by atoms with Crippen LogP contribution in [0.1, 0.15) is 31.4 Å². The van der Waals surface area contributed by atoms with Gasteiger partial charge in [0, 0.05) is 31.6 Å². The highest BCUT2D eigenvalue weighted by Gasteiger charge is 2.26. The topological polar surface area (TPSA) is 47.0 Å². The van der Waals surface area contributed by atoms with E-state index in [1.807, 2.05) is 6.07 Å². The fraction of sp³-hybridized carbons (Fsp3) is 0.500. The molecule has 0 aliphatic carbocycles. The van der Waals surface area contributed by atoms with Gasteiger partial charge in [0.25, 0.3) is 0 Å². The zero-order valence-electron chi connectivity index (χ0n) is 11.9. The van der Waals surface area contributed by atoms with Crippen LogP contribution in [0.4, 0.5) is 0 Å². The molecule has 1 unspecified atom stereocenters. The average Bonchev–Trinajstić information content (AvgIpc) is 2.53. The molecule has 1 aromatic heterocycles. The van der Waals surface area contributed by atoms with Crippen molar-refractivity contribution < 1.29 is 4.74 Å². The van der Waals surface area contributed by atoms with Crippen molar-refractivity contribution in [3.05, 3.63) is 36.2 Å². The number of fused-ring (bicyclic) bond motifs is 1. The number of hydrogen-bond acceptors (Lipinski definition) is 4. The lowest BCUT2D eigenvalue weighted by Gasteiger charge is -2.31. The van der Waals surface area contributed by atoms with Crippen molar-refractivity contribution in [1.29, 1.82) is 0 Å². The van der Waals surface area contributed by atoms with Crippen LogP contribution in [0.2, 0.25) is 0 Å². The van der Waals surface area contributed by atoms with Crippen LogP contribution >= 0.6 is 0 Å². The molecule has 2 aromatic rings. The van der Waals surface area contributed by atoms with Gasteiger partial charge in [-0.25, -0.2) is 0 Å². The van der Waals surface area contributed by atoms with Crippen LogP contribution in [0.25, 0.3) is 11.0 Å². The Kier molecular flexibility index (Phi) is 4.23. The molecule has 1 aliphatic heterocycles. The maximum absolute atomic E-state index is 5.50. The third-order valence-corrected chi connectivity index (χ3v) is 4.03. The quantitative estimate of drug-likeness (QED) is 0.928. The van der Waals surface area contributed by atoms with Gasteiger partial charge in [-0.15, -0.1) is 0 Å². The van der Waals surface area contributed by atoms with Crippen LogP contribution in [0.3, 0.4) is 0 Å². The number of ether oxygens (including phenoxy) is 1. The van der Waals surface area contributed by atoms with Crippen molar-refractivity contribution in [2.75, 3.05) is 19.8 Å². The molecular formula is C16H21N3O. The van der Waals surface area contributed by atoms with Gasteiger partial charge in [0.05, 0.1) is 11.0 Å². The van der Waals surface area contributed by atoms with Gasteiger partial charge in [0.2, 0.25) is 0 Å². The van der Waals surface area contributed by atoms with Crippen molar-refractivity contribution >= 4 is 11.0 Å². The molecule has 4 heteroatoms. The molecule has 0 bridgehead atoms. The van der Waals surface area contributed by atoms with Crippen molar-refractivity contribution in [3.8, 4) is 0 Å². The van der Waals surface area contributed by atoms with Crippen molar-refractivity contribution in [3.63, 3.8) is 0 Å². The summed E-state index contributed by atoms with van der Waals surface area (Å²) in [5, 5.41) is 3.64. The first-order valence-electron chi connectivity index (χ1n) is 7.41. The summed E-state index contributed by atoms with van der Waals surface area (Å²) in [5.41, 5.74) is 3.26. The highest BCUT2D eigenvalue weighted by atomic mass is 16.5. The molecule has 106 valence electrons. The second-order valence-corrected chi connectivity index (χ2v) is 5.26. The molecule has 4 nitrogen and oxygen atoms in total. The third kappa shape index (κ3) is 2.67. The molecule has 20 heavy (non-hydrogen) atoms. The molecule has 0 amide bonds.